The number of rotatable bonds is 6. The molecule has 5 aromatic rings. The molecule has 0 fully saturated rings. The summed E-state index contributed by atoms with van der Waals surface area (Å²) in [5.41, 5.74) is 3.21. The number of nitro benzene ring substituents is 1. The molecule has 3 heterocycles. The van der Waals surface area contributed by atoms with E-state index in [0.717, 1.165) is 32.0 Å². The SMILES string of the molecule is Cc1ccnc(Oc2ccc(-c3c(-c4ccc([N+](=O)[O-])cc4)sc4c(P(C)(C)=O)cnc(Cl)c34)cc2)n1. The Morgan fingerprint density at radius 1 is 1.00 bits per heavy atom. The lowest BCUT2D eigenvalue weighted by Gasteiger charge is -2.10. The second kappa shape index (κ2) is 9.67. The van der Waals surface area contributed by atoms with Crippen LogP contribution < -0.4 is 10.0 Å². The van der Waals surface area contributed by atoms with Crippen molar-refractivity contribution in [3.05, 3.63) is 88.0 Å². The first-order chi connectivity index (χ1) is 17.6. The minimum absolute atomic E-state index is 0.00159. The van der Waals surface area contributed by atoms with E-state index in [4.69, 9.17) is 16.3 Å². The molecule has 3 aromatic heterocycles. The van der Waals surface area contributed by atoms with Gasteiger partial charge in [0, 0.05) is 51.4 Å². The molecule has 0 unspecified atom stereocenters. The van der Waals surface area contributed by atoms with E-state index in [-0.39, 0.29) is 11.7 Å². The van der Waals surface area contributed by atoms with Crippen molar-refractivity contribution in [2.75, 3.05) is 13.3 Å². The van der Waals surface area contributed by atoms with Crippen LogP contribution >= 0.6 is 30.1 Å². The van der Waals surface area contributed by atoms with Crippen LogP contribution in [0.2, 0.25) is 5.15 Å². The normalized spacial score (nSPS) is 11.6. The summed E-state index contributed by atoms with van der Waals surface area (Å²) >= 11 is 8.07. The molecule has 5 rings (SSSR count). The van der Waals surface area contributed by atoms with Crippen molar-refractivity contribution in [2.24, 2.45) is 0 Å². The summed E-state index contributed by atoms with van der Waals surface area (Å²) in [5, 5.41) is 12.8. The highest BCUT2D eigenvalue weighted by Gasteiger charge is 2.25. The molecule has 186 valence electrons. The summed E-state index contributed by atoms with van der Waals surface area (Å²) in [5.74, 6) is 0.558. The van der Waals surface area contributed by atoms with Gasteiger partial charge in [-0.05, 0) is 61.7 Å². The van der Waals surface area contributed by atoms with Crippen LogP contribution in [0.25, 0.3) is 31.7 Å². The van der Waals surface area contributed by atoms with Crippen molar-refractivity contribution in [1.29, 1.82) is 0 Å². The average Bonchev–Trinajstić information content (AvgIpc) is 3.25. The predicted octanol–water partition coefficient (Wildman–Crippen LogP) is 7.33. The fraction of sp³-hybridized carbons (Fsp3) is 0.115. The Morgan fingerprint density at radius 3 is 2.30 bits per heavy atom. The number of nitrogens with zero attached hydrogens (tertiary/aromatic N) is 4. The van der Waals surface area contributed by atoms with Gasteiger partial charge in [-0.1, -0.05) is 23.7 Å². The van der Waals surface area contributed by atoms with Crippen LogP contribution in [0.15, 0.2) is 67.0 Å². The molecule has 0 aliphatic carbocycles. The third kappa shape index (κ3) is 4.98. The largest absolute Gasteiger partial charge is 0.424 e. The molecule has 0 aliphatic rings. The highest BCUT2D eigenvalue weighted by molar-refractivity contribution is 7.71. The molecule has 0 bridgehead atoms. The summed E-state index contributed by atoms with van der Waals surface area (Å²) in [6.45, 7) is 5.25. The molecule has 11 heteroatoms. The van der Waals surface area contributed by atoms with Gasteiger partial charge < -0.3 is 9.30 Å². The third-order valence-corrected chi connectivity index (χ3v) is 8.90. The first-order valence-electron chi connectivity index (χ1n) is 11.1. The molecule has 37 heavy (non-hydrogen) atoms. The van der Waals surface area contributed by atoms with Crippen molar-refractivity contribution < 1.29 is 14.2 Å². The van der Waals surface area contributed by atoms with Crippen molar-refractivity contribution >= 4 is 51.2 Å². The zero-order valence-corrected chi connectivity index (χ0v) is 22.5. The van der Waals surface area contributed by atoms with Crippen molar-refractivity contribution in [3.8, 4) is 33.3 Å². The van der Waals surface area contributed by atoms with Gasteiger partial charge in [0.2, 0.25) is 0 Å². The van der Waals surface area contributed by atoms with Crippen LogP contribution in [0.3, 0.4) is 0 Å². The minimum atomic E-state index is -2.68. The monoisotopic (exact) mass is 550 g/mol. The highest BCUT2D eigenvalue weighted by atomic mass is 35.5. The van der Waals surface area contributed by atoms with E-state index in [2.05, 4.69) is 15.0 Å². The molecule has 0 saturated carbocycles. The third-order valence-electron chi connectivity index (χ3n) is 5.69. The van der Waals surface area contributed by atoms with E-state index in [1.165, 1.54) is 23.5 Å². The molecule has 2 aromatic carbocycles. The number of pyridine rings is 1. The topological polar surface area (TPSA) is 108 Å². The van der Waals surface area contributed by atoms with Gasteiger partial charge in [-0.15, -0.1) is 11.3 Å². The van der Waals surface area contributed by atoms with E-state index in [1.54, 1.807) is 56.1 Å². The summed E-state index contributed by atoms with van der Waals surface area (Å²) in [7, 11) is -2.68. The first kappa shape index (κ1) is 25.0. The number of aryl methyl sites for hydroxylation is 1. The Labute approximate surface area is 221 Å². The lowest BCUT2D eigenvalue weighted by molar-refractivity contribution is -0.384. The number of thiophene rings is 1. The number of non-ortho nitro benzene ring substituents is 1. The van der Waals surface area contributed by atoms with Crippen LogP contribution in [0.1, 0.15) is 5.69 Å². The van der Waals surface area contributed by atoms with E-state index >= 15 is 0 Å². The molecular formula is C26H20ClN4O4PS. The van der Waals surface area contributed by atoms with Crippen LogP contribution in [-0.2, 0) is 4.57 Å². The summed E-state index contributed by atoms with van der Waals surface area (Å²) in [6, 6.07) is 15.8. The number of aromatic nitrogens is 3. The van der Waals surface area contributed by atoms with Crippen LogP contribution in [0, 0.1) is 17.0 Å². The second-order valence-corrected chi connectivity index (χ2v) is 13.3. The maximum absolute atomic E-state index is 13.1. The van der Waals surface area contributed by atoms with Gasteiger partial charge >= 0.3 is 6.01 Å². The number of fused-ring (bicyclic) bond motifs is 1. The number of hydrogen-bond donors (Lipinski definition) is 0. The maximum atomic E-state index is 13.1. The fourth-order valence-electron chi connectivity index (χ4n) is 3.92. The zero-order valence-electron chi connectivity index (χ0n) is 20.0. The molecule has 8 nitrogen and oxygen atoms in total. The molecule has 0 radical (unpaired) electrons. The maximum Gasteiger partial charge on any atom is 0.322 e. The molecule has 0 spiro atoms. The zero-order chi connectivity index (χ0) is 26.3. The van der Waals surface area contributed by atoms with E-state index in [1.807, 2.05) is 19.1 Å². The lowest BCUT2D eigenvalue weighted by Crippen LogP contribution is -2.04. The average molecular weight is 551 g/mol. The van der Waals surface area contributed by atoms with Crippen LogP contribution in [0.4, 0.5) is 5.69 Å². The van der Waals surface area contributed by atoms with Crippen molar-refractivity contribution in [1.82, 2.24) is 15.0 Å². The quantitative estimate of drug-likeness (QED) is 0.0942. The Morgan fingerprint density at radius 2 is 1.68 bits per heavy atom. The van der Waals surface area contributed by atoms with Gasteiger partial charge in [0.05, 0.1) is 9.62 Å². The number of benzene rings is 2. The predicted molar refractivity (Wildman–Crippen MR) is 148 cm³/mol. The number of ether oxygens (including phenoxy) is 1. The van der Waals surface area contributed by atoms with Gasteiger partial charge in [0.15, 0.2) is 0 Å². The number of nitro groups is 1. The van der Waals surface area contributed by atoms with E-state index < -0.39 is 12.1 Å². The van der Waals surface area contributed by atoms with Crippen LogP contribution in [-0.4, -0.2) is 33.2 Å². The van der Waals surface area contributed by atoms with Gasteiger partial charge in [0.1, 0.15) is 18.0 Å². The summed E-state index contributed by atoms with van der Waals surface area (Å²) in [4.78, 5) is 24.3. The summed E-state index contributed by atoms with van der Waals surface area (Å²) in [6.07, 6.45) is 3.21. The number of halogens is 1. The molecule has 0 atom stereocenters. The van der Waals surface area contributed by atoms with Crippen molar-refractivity contribution in [2.45, 2.75) is 6.92 Å². The fourth-order valence-corrected chi connectivity index (χ4v) is 7.18. The lowest BCUT2D eigenvalue weighted by atomic mass is 9.99. The van der Waals surface area contributed by atoms with E-state index in [0.29, 0.717) is 21.6 Å². The van der Waals surface area contributed by atoms with Crippen molar-refractivity contribution in [3.63, 3.8) is 0 Å². The Bertz CT molecular complexity index is 1700. The minimum Gasteiger partial charge on any atom is -0.424 e. The molecule has 0 N–H and O–H groups in total. The second-order valence-electron chi connectivity index (χ2n) is 8.71. The van der Waals surface area contributed by atoms with Gasteiger partial charge in [-0.2, -0.15) is 0 Å². The molecule has 0 aliphatic heterocycles. The Kier molecular flexibility index (Phi) is 6.54. The molecule has 0 saturated heterocycles. The Hall–Kier alpha value is -3.65. The van der Waals surface area contributed by atoms with Crippen LogP contribution in [0.5, 0.6) is 11.8 Å². The standard InChI is InChI=1S/C26H20ClN4O4PS/c1-15-12-13-28-26(30-15)35-19-10-6-16(7-11-19)21-22-24(20(36(2,3)34)14-29-25(22)27)37-23(21)17-4-8-18(9-5-17)31(32)33/h4-14H,1-3H3. The van der Waals surface area contributed by atoms with E-state index in [9.17, 15) is 14.7 Å². The highest BCUT2D eigenvalue weighted by Crippen LogP contribution is 2.50. The van der Waals surface area contributed by atoms with Gasteiger partial charge in [-0.3, -0.25) is 10.1 Å². The first-order valence-corrected chi connectivity index (χ1v) is 14.9. The van der Waals surface area contributed by atoms with Gasteiger partial charge in [-0.25, -0.2) is 15.0 Å². The molecule has 0 amide bonds. The smallest absolute Gasteiger partial charge is 0.322 e. The number of hydrogen-bond acceptors (Lipinski definition) is 8. The van der Waals surface area contributed by atoms with Gasteiger partial charge in [0.25, 0.3) is 5.69 Å². The Balaban J connectivity index is 1.68. The summed E-state index contributed by atoms with van der Waals surface area (Å²) < 4.78 is 19.7. The molecular weight excluding hydrogens is 531 g/mol.